The van der Waals surface area contributed by atoms with Crippen LogP contribution in [-0.2, 0) is 28.7 Å². The zero-order valence-corrected chi connectivity index (χ0v) is 27.9. The maximum absolute atomic E-state index is 13.8. The van der Waals surface area contributed by atoms with Crippen LogP contribution in [0, 0.1) is 11.6 Å². The Morgan fingerprint density at radius 3 is 1.48 bits per heavy atom. The van der Waals surface area contributed by atoms with Gasteiger partial charge in [0.1, 0.15) is 17.4 Å². The van der Waals surface area contributed by atoms with Gasteiger partial charge in [-0.3, -0.25) is 9.59 Å². The minimum Gasteiger partial charge on any atom is -0.478 e. The van der Waals surface area contributed by atoms with Crippen LogP contribution in [0.2, 0.25) is 5.02 Å². The molecule has 16 heteroatoms. The van der Waals surface area contributed by atoms with Crippen LogP contribution in [0.15, 0.2) is 72.8 Å². The van der Waals surface area contributed by atoms with Crippen LogP contribution in [0.5, 0.6) is 34.5 Å². The summed E-state index contributed by atoms with van der Waals surface area (Å²) in [5, 5.41) is 4.70. The molecule has 264 valence electrons. The normalized spacial score (nSPS) is 10.1. The molecule has 50 heavy (non-hydrogen) atoms. The number of hydrogen-bond acceptors (Lipinski definition) is 11. The second kappa shape index (κ2) is 18.5. The predicted molar refractivity (Wildman–Crippen MR) is 179 cm³/mol. The minimum atomic E-state index is -0.692. The number of rotatable bonds is 12. The molecule has 0 aliphatic heterocycles. The Kier molecular flexibility index (Phi) is 14.2. The van der Waals surface area contributed by atoms with Crippen LogP contribution in [0.25, 0.3) is 0 Å². The van der Waals surface area contributed by atoms with Crippen molar-refractivity contribution in [2.45, 2.75) is 13.8 Å². The molecule has 4 aromatic rings. The van der Waals surface area contributed by atoms with E-state index < -0.39 is 35.4 Å². The van der Waals surface area contributed by atoms with Crippen molar-refractivity contribution in [2.24, 2.45) is 0 Å². The zero-order valence-electron chi connectivity index (χ0n) is 27.1. The third-order valence-electron chi connectivity index (χ3n) is 6.03. The van der Waals surface area contributed by atoms with Gasteiger partial charge in [0.15, 0.2) is 42.0 Å². The van der Waals surface area contributed by atoms with E-state index in [-0.39, 0.29) is 69.8 Å². The van der Waals surface area contributed by atoms with Gasteiger partial charge in [0, 0.05) is 32.0 Å². The first-order chi connectivity index (χ1) is 23.8. The van der Waals surface area contributed by atoms with Crippen LogP contribution >= 0.6 is 11.6 Å². The molecule has 0 aliphatic carbocycles. The number of nitrogens with one attached hydrogen (secondary N) is 2. The first-order valence-electron chi connectivity index (χ1n) is 14.4. The lowest BCUT2D eigenvalue weighted by Crippen LogP contribution is -2.13. The quantitative estimate of drug-likeness (QED) is 0.108. The zero-order chi connectivity index (χ0) is 36.8. The smallest absolute Gasteiger partial charge is 0.343 e. The standard InChI is InChI=1S/C17H15ClFNO5.C17H17FN2O5/c1-10(21)20-13-8-16(11(18)7-12(13)19)25-15-6-4-3-5-14(15)24-9-17(22)23-2;1-10(21)20-13-8-16(12(19)7-11(13)18)25-15-6-4-3-5-14(15)24-9-17(22)23-2/h3-8H,9H2,1-2H3,(H,20,21);3-8H,9,19H2,1-2H3,(H,20,21). The predicted octanol–water partition coefficient (Wildman–Crippen LogP) is 6.49. The van der Waals surface area contributed by atoms with E-state index in [1.807, 2.05) is 0 Å². The lowest BCUT2D eigenvalue weighted by Gasteiger charge is -2.14. The van der Waals surface area contributed by atoms with Crippen LogP contribution in [-0.4, -0.2) is 51.2 Å². The van der Waals surface area contributed by atoms with Crippen molar-refractivity contribution in [1.82, 2.24) is 0 Å². The summed E-state index contributed by atoms with van der Waals surface area (Å²) in [7, 11) is 2.49. The molecule has 0 fully saturated rings. The molecule has 4 aromatic carbocycles. The number of amides is 2. The summed E-state index contributed by atoms with van der Waals surface area (Å²) in [6.07, 6.45) is 0. The number of methoxy groups -OCH3 is 2. The fourth-order valence-corrected chi connectivity index (χ4v) is 3.96. The molecule has 0 radical (unpaired) electrons. The fourth-order valence-electron chi connectivity index (χ4n) is 3.77. The summed E-state index contributed by atoms with van der Waals surface area (Å²) in [4.78, 5) is 44.7. The summed E-state index contributed by atoms with van der Waals surface area (Å²) >= 11 is 6.00. The second-order valence-corrected chi connectivity index (χ2v) is 10.2. The minimum absolute atomic E-state index is 0.00868. The fraction of sp³-hybridized carbons (Fsp3) is 0.176. The van der Waals surface area contributed by atoms with E-state index in [1.54, 1.807) is 48.5 Å². The van der Waals surface area contributed by atoms with E-state index in [1.165, 1.54) is 40.2 Å². The maximum atomic E-state index is 13.8. The van der Waals surface area contributed by atoms with Gasteiger partial charge < -0.3 is 44.8 Å². The Bertz CT molecular complexity index is 1730. The van der Waals surface area contributed by atoms with Crippen LogP contribution < -0.4 is 35.3 Å². The van der Waals surface area contributed by atoms with Crippen molar-refractivity contribution in [3.05, 3.63) is 89.5 Å². The average molecular weight is 716 g/mol. The average Bonchev–Trinajstić information content (AvgIpc) is 3.07. The lowest BCUT2D eigenvalue weighted by atomic mass is 10.2. The van der Waals surface area contributed by atoms with Gasteiger partial charge in [-0.15, -0.1) is 0 Å². The van der Waals surface area contributed by atoms with Gasteiger partial charge in [0.25, 0.3) is 0 Å². The van der Waals surface area contributed by atoms with Gasteiger partial charge in [0.05, 0.1) is 36.3 Å². The van der Waals surface area contributed by atoms with E-state index in [9.17, 15) is 28.0 Å². The molecule has 0 aromatic heterocycles. The third kappa shape index (κ3) is 11.6. The van der Waals surface area contributed by atoms with Crippen molar-refractivity contribution in [3.63, 3.8) is 0 Å². The van der Waals surface area contributed by atoms with Crippen molar-refractivity contribution in [3.8, 4) is 34.5 Å². The van der Waals surface area contributed by atoms with E-state index in [2.05, 4.69) is 20.1 Å². The molecular formula is C34H32ClF2N3O10. The molecule has 0 atom stereocenters. The molecule has 0 saturated carbocycles. The monoisotopic (exact) mass is 715 g/mol. The highest BCUT2D eigenvalue weighted by Crippen LogP contribution is 2.38. The molecule has 4 N–H and O–H groups in total. The number of carbonyl (C=O) groups is 4. The molecule has 0 unspecified atom stereocenters. The number of nitrogen functional groups attached to an aromatic ring is 1. The molecule has 4 rings (SSSR count). The number of anilines is 3. The molecule has 2 amide bonds. The summed E-state index contributed by atoms with van der Waals surface area (Å²) in [5.41, 5.74) is 5.67. The van der Waals surface area contributed by atoms with Gasteiger partial charge in [-0.25, -0.2) is 18.4 Å². The van der Waals surface area contributed by atoms with E-state index in [4.69, 9.17) is 36.3 Å². The highest BCUT2D eigenvalue weighted by molar-refractivity contribution is 6.32. The summed E-state index contributed by atoms with van der Waals surface area (Å²) in [6, 6.07) is 17.7. The Labute approximate surface area is 290 Å². The van der Waals surface area contributed by atoms with Gasteiger partial charge in [-0.1, -0.05) is 35.9 Å². The van der Waals surface area contributed by atoms with Gasteiger partial charge in [-0.2, -0.15) is 0 Å². The second-order valence-electron chi connectivity index (χ2n) is 9.82. The Balaban J connectivity index is 0.000000270. The van der Waals surface area contributed by atoms with Crippen molar-refractivity contribution >= 4 is 52.4 Å². The number of ether oxygens (including phenoxy) is 6. The first kappa shape index (κ1) is 38.4. The van der Waals surface area contributed by atoms with Crippen molar-refractivity contribution < 1.29 is 56.4 Å². The number of carbonyl (C=O) groups excluding carboxylic acids is 4. The van der Waals surface area contributed by atoms with E-state index in [0.29, 0.717) is 0 Å². The number of halogens is 3. The highest BCUT2D eigenvalue weighted by Gasteiger charge is 2.16. The van der Waals surface area contributed by atoms with E-state index >= 15 is 0 Å². The van der Waals surface area contributed by atoms with Gasteiger partial charge in [0.2, 0.25) is 11.8 Å². The number of nitrogens with two attached hydrogens (primary N) is 1. The molecule has 0 saturated heterocycles. The number of esters is 2. The molecule has 0 bridgehead atoms. The van der Waals surface area contributed by atoms with Crippen LogP contribution in [0.4, 0.5) is 25.8 Å². The number of benzene rings is 4. The topological polar surface area (TPSA) is 174 Å². The first-order valence-corrected chi connectivity index (χ1v) is 14.7. The van der Waals surface area contributed by atoms with Crippen LogP contribution in [0.3, 0.4) is 0 Å². The SMILES string of the molecule is COC(=O)COc1ccccc1Oc1cc(NC(C)=O)c(F)cc1Cl.COC(=O)COc1ccccc1Oc1cc(NC(C)=O)c(F)cc1N. The van der Waals surface area contributed by atoms with Crippen LogP contribution in [0.1, 0.15) is 13.8 Å². The molecule has 0 spiro atoms. The summed E-state index contributed by atoms with van der Waals surface area (Å²) in [6.45, 7) is 1.91. The van der Waals surface area contributed by atoms with Gasteiger partial charge >= 0.3 is 11.9 Å². The molecular weight excluding hydrogens is 684 g/mol. The largest absolute Gasteiger partial charge is 0.478 e. The van der Waals surface area contributed by atoms with Crippen molar-refractivity contribution in [2.75, 3.05) is 43.8 Å². The number of para-hydroxylation sites is 4. The molecule has 0 heterocycles. The Hall–Kier alpha value is -6.09. The third-order valence-corrected chi connectivity index (χ3v) is 6.32. The summed E-state index contributed by atoms with van der Waals surface area (Å²) < 4.78 is 58.7. The highest BCUT2D eigenvalue weighted by atomic mass is 35.5. The Morgan fingerprint density at radius 2 is 1.04 bits per heavy atom. The number of hydrogen-bond donors (Lipinski definition) is 3. The lowest BCUT2D eigenvalue weighted by molar-refractivity contribution is -0.143. The van der Waals surface area contributed by atoms with Gasteiger partial charge in [-0.05, 0) is 30.3 Å². The van der Waals surface area contributed by atoms with Crippen molar-refractivity contribution in [1.29, 1.82) is 0 Å². The Morgan fingerprint density at radius 1 is 0.640 bits per heavy atom. The maximum Gasteiger partial charge on any atom is 0.343 e. The van der Waals surface area contributed by atoms with E-state index in [0.717, 1.165) is 12.1 Å². The molecule has 0 aliphatic rings. The summed E-state index contributed by atoms with van der Waals surface area (Å²) in [5.74, 6) is -2.05. The molecule has 13 nitrogen and oxygen atoms in total.